The average Bonchev–Trinajstić information content (AvgIpc) is 2.28. The number of carboxylic acid groups (broad SMARTS) is 1. The van der Waals surface area contributed by atoms with Crippen molar-refractivity contribution < 1.29 is 14.7 Å². The van der Waals surface area contributed by atoms with Gasteiger partial charge in [-0.2, -0.15) is 0 Å². The van der Waals surface area contributed by atoms with E-state index in [0.29, 0.717) is 13.0 Å². The van der Waals surface area contributed by atoms with Gasteiger partial charge in [-0.25, -0.2) is 0 Å². The molecule has 0 saturated carbocycles. The molecule has 0 spiro atoms. The Morgan fingerprint density at radius 2 is 1.84 bits per heavy atom. The maximum Gasteiger partial charge on any atom is 0.220 e. The summed E-state index contributed by atoms with van der Waals surface area (Å²) >= 11 is 3.34. The third kappa shape index (κ3) is 8.86. The van der Waals surface area contributed by atoms with Gasteiger partial charge in [0, 0.05) is 30.4 Å². The molecule has 0 rings (SSSR count). The first-order valence-electron chi connectivity index (χ1n) is 6.60. The molecule has 0 bridgehead atoms. The van der Waals surface area contributed by atoms with Gasteiger partial charge in [-0.1, -0.05) is 22.4 Å². The molecule has 0 aliphatic rings. The fourth-order valence-electron chi connectivity index (χ4n) is 1.65. The minimum atomic E-state index is -1.21. The molecule has 112 valence electrons. The van der Waals surface area contributed by atoms with Gasteiger partial charge in [0.05, 0.1) is 0 Å². The maximum atomic E-state index is 11.5. The van der Waals surface area contributed by atoms with Crippen molar-refractivity contribution in [3.05, 3.63) is 0 Å². The quantitative estimate of drug-likeness (QED) is 0.539. The fourth-order valence-corrected chi connectivity index (χ4v) is 2.05. The van der Waals surface area contributed by atoms with Crippen molar-refractivity contribution in [3.8, 4) is 0 Å². The number of amides is 2. The number of carbonyl (C=O) groups is 2. The second-order valence-corrected chi connectivity index (χ2v) is 6.23. The van der Waals surface area contributed by atoms with Crippen LogP contribution in [-0.2, 0) is 4.79 Å². The van der Waals surface area contributed by atoms with Crippen LogP contribution < -0.4 is 10.4 Å². The van der Waals surface area contributed by atoms with E-state index in [1.807, 2.05) is 0 Å². The lowest BCUT2D eigenvalue weighted by Gasteiger charge is -2.37. The summed E-state index contributed by atoms with van der Waals surface area (Å²) in [6.07, 6.45) is 2.23. The molecule has 5 nitrogen and oxygen atoms in total. The number of hydrogen-bond donors (Lipinski definition) is 1. The SMILES string of the molecule is CC(C)(C)N(CCNC(=O)CCCCCBr)C(=O)[O-]. The highest BCUT2D eigenvalue weighted by Crippen LogP contribution is 2.11. The summed E-state index contributed by atoms with van der Waals surface area (Å²) in [5, 5.41) is 14.7. The highest BCUT2D eigenvalue weighted by Gasteiger charge is 2.20. The molecule has 0 heterocycles. The predicted octanol–water partition coefficient (Wildman–Crippen LogP) is 1.50. The Labute approximate surface area is 123 Å². The predicted molar refractivity (Wildman–Crippen MR) is 77.1 cm³/mol. The molecule has 1 N–H and O–H groups in total. The van der Waals surface area contributed by atoms with Gasteiger partial charge < -0.3 is 20.1 Å². The standard InChI is InChI=1S/C13H25BrN2O3/c1-13(2,3)16(12(18)19)10-9-15-11(17)7-5-4-6-8-14/h4-10H2,1-3H3,(H,15,17)(H,18,19)/p-1. The van der Waals surface area contributed by atoms with Crippen molar-refractivity contribution in [1.29, 1.82) is 0 Å². The van der Waals surface area contributed by atoms with Crippen molar-refractivity contribution >= 4 is 27.9 Å². The average molecular weight is 336 g/mol. The van der Waals surface area contributed by atoms with Crippen LogP contribution in [0.5, 0.6) is 0 Å². The number of hydrogen-bond acceptors (Lipinski definition) is 3. The second-order valence-electron chi connectivity index (χ2n) is 5.44. The van der Waals surface area contributed by atoms with Crippen molar-refractivity contribution in [2.24, 2.45) is 0 Å². The number of halogens is 1. The largest absolute Gasteiger partial charge is 0.530 e. The van der Waals surface area contributed by atoms with Crippen LogP contribution in [0.15, 0.2) is 0 Å². The zero-order chi connectivity index (χ0) is 14.9. The van der Waals surface area contributed by atoms with E-state index >= 15 is 0 Å². The number of unbranched alkanes of at least 4 members (excludes halogenated alkanes) is 2. The lowest BCUT2D eigenvalue weighted by Crippen LogP contribution is -2.53. The van der Waals surface area contributed by atoms with E-state index in [2.05, 4.69) is 21.2 Å². The zero-order valence-electron chi connectivity index (χ0n) is 12.0. The van der Waals surface area contributed by atoms with E-state index in [-0.39, 0.29) is 12.5 Å². The number of carbonyl (C=O) groups excluding carboxylic acids is 2. The lowest BCUT2D eigenvalue weighted by atomic mass is 10.1. The van der Waals surface area contributed by atoms with Crippen molar-refractivity contribution in [1.82, 2.24) is 10.2 Å². The van der Waals surface area contributed by atoms with Crippen LogP contribution in [0.1, 0.15) is 46.5 Å². The molecule has 0 aromatic carbocycles. The van der Waals surface area contributed by atoms with Crippen LogP contribution in [0.4, 0.5) is 4.79 Å². The Hall–Kier alpha value is -0.780. The van der Waals surface area contributed by atoms with Crippen LogP contribution in [0.2, 0.25) is 0 Å². The summed E-state index contributed by atoms with van der Waals surface area (Å²) in [6, 6.07) is 0. The topological polar surface area (TPSA) is 72.5 Å². The maximum absolute atomic E-state index is 11.5. The third-order valence-corrected chi connectivity index (χ3v) is 3.29. The van der Waals surface area contributed by atoms with E-state index < -0.39 is 11.6 Å². The van der Waals surface area contributed by atoms with Crippen LogP contribution >= 0.6 is 15.9 Å². The van der Waals surface area contributed by atoms with E-state index in [4.69, 9.17) is 0 Å². The highest BCUT2D eigenvalue weighted by molar-refractivity contribution is 9.09. The number of nitrogens with zero attached hydrogens (tertiary/aromatic N) is 1. The van der Waals surface area contributed by atoms with E-state index in [1.54, 1.807) is 20.8 Å². The first kappa shape index (κ1) is 18.2. The van der Waals surface area contributed by atoms with Gasteiger partial charge in [-0.3, -0.25) is 4.79 Å². The van der Waals surface area contributed by atoms with Gasteiger partial charge in [-0.15, -0.1) is 0 Å². The first-order chi connectivity index (χ1) is 8.79. The molecular weight excluding hydrogens is 312 g/mol. The normalized spacial score (nSPS) is 11.2. The van der Waals surface area contributed by atoms with Crippen LogP contribution in [0.25, 0.3) is 0 Å². The minimum Gasteiger partial charge on any atom is -0.530 e. The molecule has 0 fully saturated rings. The smallest absolute Gasteiger partial charge is 0.220 e. The first-order valence-corrected chi connectivity index (χ1v) is 7.72. The lowest BCUT2D eigenvalue weighted by molar-refractivity contribution is -0.270. The molecule has 0 aromatic heterocycles. The zero-order valence-corrected chi connectivity index (χ0v) is 13.6. The summed E-state index contributed by atoms with van der Waals surface area (Å²) in [6.45, 7) is 5.96. The number of rotatable bonds is 8. The molecule has 0 radical (unpaired) electrons. The highest BCUT2D eigenvalue weighted by atomic mass is 79.9. The van der Waals surface area contributed by atoms with Crippen LogP contribution in [0, 0.1) is 0 Å². The number of alkyl halides is 1. The van der Waals surface area contributed by atoms with Gasteiger partial charge in [0.2, 0.25) is 5.91 Å². The molecule has 0 aromatic rings. The van der Waals surface area contributed by atoms with Crippen molar-refractivity contribution in [3.63, 3.8) is 0 Å². The van der Waals surface area contributed by atoms with Crippen LogP contribution in [-0.4, -0.2) is 40.9 Å². The van der Waals surface area contributed by atoms with Gasteiger partial charge in [0.25, 0.3) is 0 Å². The Kier molecular flexibility index (Phi) is 8.80. The third-order valence-electron chi connectivity index (χ3n) is 2.73. The molecule has 0 unspecified atom stereocenters. The summed E-state index contributed by atoms with van der Waals surface area (Å²) in [5.74, 6) is -0.0261. The van der Waals surface area contributed by atoms with Crippen molar-refractivity contribution in [2.75, 3.05) is 18.4 Å². The molecule has 6 heteroatoms. The van der Waals surface area contributed by atoms with Gasteiger partial charge in [0.15, 0.2) is 0 Å². The Bertz CT molecular complexity index is 290. The Morgan fingerprint density at radius 1 is 1.21 bits per heavy atom. The van der Waals surface area contributed by atoms with E-state index in [1.165, 1.54) is 4.90 Å². The van der Waals surface area contributed by atoms with Gasteiger partial charge in [-0.05, 0) is 33.6 Å². The molecule has 0 atom stereocenters. The van der Waals surface area contributed by atoms with Crippen LogP contribution in [0.3, 0.4) is 0 Å². The minimum absolute atomic E-state index is 0.0261. The second kappa shape index (κ2) is 9.18. The Balaban J connectivity index is 3.87. The molecule has 0 aliphatic carbocycles. The number of nitrogens with one attached hydrogen (secondary N) is 1. The molecule has 2 amide bonds. The molecular formula is C13H24BrN2O3-. The Morgan fingerprint density at radius 3 is 2.32 bits per heavy atom. The van der Waals surface area contributed by atoms with Gasteiger partial charge in [0.1, 0.15) is 6.09 Å². The summed E-state index contributed by atoms with van der Waals surface area (Å²) in [4.78, 5) is 23.7. The summed E-state index contributed by atoms with van der Waals surface area (Å²) in [5.41, 5.74) is -0.514. The summed E-state index contributed by atoms with van der Waals surface area (Å²) < 4.78 is 0. The molecule has 19 heavy (non-hydrogen) atoms. The van der Waals surface area contributed by atoms with Crippen molar-refractivity contribution in [2.45, 2.75) is 52.0 Å². The van der Waals surface area contributed by atoms with E-state index in [9.17, 15) is 14.7 Å². The van der Waals surface area contributed by atoms with Gasteiger partial charge >= 0.3 is 0 Å². The molecule has 0 aliphatic heterocycles. The molecule has 0 saturated heterocycles. The fraction of sp³-hybridized carbons (Fsp3) is 0.846. The monoisotopic (exact) mass is 335 g/mol. The van der Waals surface area contributed by atoms with E-state index in [0.717, 1.165) is 24.6 Å². The summed E-state index contributed by atoms with van der Waals surface area (Å²) in [7, 11) is 0.